The number of aliphatic hydroxyl groups is 1. The van der Waals surface area contributed by atoms with Crippen molar-refractivity contribution >= 4 is 15.7 Å². The monoisotopic (exact) mass is 312 g/mol. The van der Waals surface area contributed by atoms with Crippen molar-refractivity contribution < 1.29 is 13.5 Å². The highest BCUT2D eigenvalue weighted by Gasteiger charge is 2.47. The molecule has 0 radical (unpaired) electrons. The Labute approximate surface area is 126 Å². The molecule has 2 unspecified atom stereocenters. The minimum Gasteiger partial charge on any atom is -0.392 e. The molecular formula is C15H24N2O3S. The van der Waals surface area contributed by atoms with Gasteiger partial charge in [-0.2, -0.15) is 0 Å². The van der Waals surface area contributed by atoms with Crippen LogP contribution < -0.4 is 10.0 Å². The quantitative estimate of drug-likeness (QED) is 0.776. The van der Waals surface area contributed by atoms with Gasteiger partial charge < -0.3 is 10.4 Å². The molecule has 0 aliphatic heterocycles. The standard InChI is InChI=1S/C15H24N2O3S/c1-10(2)17-21(19,20)12-7-5-11(6-8-12)16-13-9-14(18)15(13,3)4/h5-8,10,13-14,16-18H,9H2,1-4H3. The fraction of sp³-hybridized carbons (Fsp3) is 0.600. The number of anilines is 1. The van der Waals surface area contributed by atoms with Gasteiger partial charge in [0.05, 0.1) is 11.0 Å². The zero-order valence-electron chi connectivity index (χ0n) is 12.9. The molecule has 1 aliphatic carbocycles. The van der Waals surface area contributed by atoms with Crippen LogP contribution in [0.1, 0.15) is 34.1 Å². The lowest BCUT2D eigenvalue weighted by Crippen LogP contribution is -2.56. The van der Waals surface area contributed by atoms with Crippen LogP contribution in [0.2, 0.25) is 0 Å². The van der Waals surface area contributed by atoms with Crippen molar-refractivity contribution in [3.8, 4) is 0 Å². The third-order valence-corrected chi connectivity index (χ3v) is 5.79. The zero-order chi connectivity index (χ0) is 15.8. The van der Waals surface area contributed by atoms with Gasteiger partial charge in [-0.05, 0) is 44.5 Å². The number of rotatable bonds is 5. The van der Waals surface area contributed by atoms with Crippen molar-refractivity contribution in [2.45, 2.75) is 57.2 Å². The summed E-state index contributed by atoms with van der Waals surface area (Å²) in [6, 6.07) is 6.77. The molecule has 118 valence electrons. The molecule has 0 bridgehead atoms. The molecule has 1 saturated carbocycles. The molecule has 0 spiro atoms. The lowest BCUT2D eigenvalue weighted by atomic mass is 9.64. The summed E-state index contributed by atoms with van der Waals surface area (Å²) in [5, 5.41) is 13.1. The van der Waals surface area contributed by atoms with Gasteiger partial charge in [0.2, 0.25) is 10.0 Å². The van der Waals surface area contributed by atoms with Crippen LogP contribution >= 0.6 is 0 Å². The molecule has 1 aromatic rings. The Morgan fingerprint density at radius 2 is 1.81 bits per heavy atom. The smallest absolute Gasteiger partial charge is 0.240 e. The molecule has 2 rings (SSSR count). The summed E-state index contributed by atoms with van der Waals surface area (Å²) in [6.45, 7) is 7.61. The molecule has 5 nitrogen and oxygen atoms in total. The lowest BCUT2D eigenvalue weighted by Gasteiger charge is -2.49. The lowest BCUT2D eigenvalue weighted by molar-refractivity contribution is -0.0510. The molecule has 21 heavy (non-hydrogen) atoms. The summed E-state index contributed by atoms with van der Waals surface area (Å²) in [5.41, 5.74) is 0.702. The van der Waals surface area contributed by atoms with E-state index in [2.05, 4.69) is 10.0 Å². The van der Waals surface area contributed by atoms with E-state index in [1.807, 2.05) is 13.8 Å². The van der Waals surface area contributed by atoms with E-state index in [0.29, 0.717) is 6.42 Å². The third kappa shape index (κ3) is 3.39. The first kappa shape index (κ1) is 16.3. The number of hydrogen-bond donors (Lipinski definition) is 3. The Morgan fingerprint density at radius 3 is 2.24 bits per heavy atom. The van der Waals surface area contributed by atoms with Gasteiger partial charge >= 0.3 is 0 Å². The van der Waals surface area contributed by atoms with E-state index in [-0.39, 0.29) is 28.5 Å². The van der Waals surface area contributed by atoms with Gasteiger partial charge in [-0.3, -0.25) is 0 Å². The van der Waals surface area contributed by atoms with E-state index in [0.717, 1.165) is 5.69 Å². The van der Waals surface area contributed by atoms with Crippen LogP contribution in [0.5, 0.6) is 0 Å². The van der Waals surface area contributed by atoms with E-state index in [1.54, 1.807) is 38.1 Å². The first-order chi connectivity index (χ1) is 9.63. The van der Waals surface area contributed by atoms with E-state index in [9.17, 15) is 13.5 Å². The molecule has 1 aliphatic rings. The summed E-state index contributed by atoms with van der Waals surface area (Å²) in [7, 11) is -3.45. The van der Waals surface area contributed by atoms with E-state index in [4.69, 9.17) is 0 Å². The zero-order valence-corrected chi connectivity index (χ0v) is 13.7. The molecule has 0 heterocycles. The topological polar surface area (TPSA) is 78.4 Å². The Bertz CT molecular complexity index is 594. The van der Waals surface area contributed by atoms with Crippen molar-refractivity contribution in [3.05, 3.63) is 24.3 Å². The molecular weight excluding hydrogens is 288 g/mol. The highest BCUT2D eigenvalue weighted by Crippen LogP contribution is 2.42. The molecule has 2 atom stereocenters. The predicted octanol–water partition coefficient (Wildman–Crippen LogP) is 1.94. The second kappa shape index (κ2) is 5.59. The van der Waals surface area contributed by atoms with Crippen molar-refractivity contribution in [1.82, 2.24) is 4.72 Å². The van der Waals surface area contributed by atoms with Crippen molar-refractivity contribution in [2.75, 3.05) is 5.32 Å². The van der Waals surface area contributed by atoms with Gasteiger partial charge in [-0.1, -0.05) is 13.8 Å². The Morgan fingerprint density at radius 1 is 1.24 bits per heavy atom. The van der Waals surface area contributed by atoms with Gasteiger partial charge in [-0.15, -0.1) is 0 Å². The number of sulfonamides is 1. The van der Waals surface area contributed by atoms with Crippen LogP contribution in [0.3, 0.4) is 0 Å². The number of hydrogen-bond acceptors (Lipinski definition) is 4. The number of benzene rings is 1. The second-order valence-corrected chi connectivity index (χ2v) is 8.28. The Kier molecular flexibility index (Phi) is 4.33. The summed E-state index contributed by atoms with van der Waals surface area (Å²) >= 11 is 0. The fourth-order valence-electron chi connectivity index (χ4n) is 2.46. The van der Waals surface area contributed by atoms with Gasteiger partial charge in [0.1, 0.15) is 0 Å². The highest BCUT2D eigenvalue weighted by molar-refractivity contribution is 7.89. The van der Waals surface area contributed by atoms with Crippen LogP contribution in [0.4, 0.5) is 5.69 Å². The van der Waals surface area contributed by atoms with Crippen LogP contribution in [-0.2, 0) is 10.0 Å². The van der Waals surface area contributed by atoms with Crippen LogP contribution in [0, 0.1) is 5.41 Å². The van der Waals surface area contributed by atoms with Gasteiger partial charge in [0.15, 0.2) is 0 Å². The van der Waals surface area contributed by atoms with Gasteiger partial charge in [-0.25, -0.2) is 13.1 Å². The Hall–Kier alpha value is -1.11. The van der Waals surface area contributed by atoms with Gasteiger partial charge in [0, 0.05) is 23.2 Å². The third-order valence-electron chi connectivity index (χ3n) is 4.11. The van der Waals surface area contributed by atoms with Crippen LogP contribution in [0.25, 0.3) is 0 Å². The number of nitrogens with one attached hydrogen (secondary N) is 2. The normalized spacial score (nSPS) is 24.7. The maximum absolute atomic E-state index is 12.0. The van der Waals surface area contributed by atoms with Crippen LogP contribution in [0.15, 0.2) is 29.2 Å². The molecule has 0 saturated heterocycles. The SMILES string of the molecule is CC(C)NS(=O)(=O)c1ccc(NC2CC(O)C2(C)C)cc1. The van der Waals surface area contributed by atoms with E-state index < -0.39 is 10.0 Å². The molecule has 0 amide bonds. The summed E-state index contributed by atoms with van der Waals surface area (Å²) in [6.07, 6.45) is 0.423. The summed E-state index contributed by atoms with van der Waals surface area (Å²) < 4.78 is 26.6. The minimum absolute atomic E-state index is 0.134. The highest BCUT2D eigenvalue weighted by atomic mass is 32.2. The molecule has 1 aromatic carbocycles. The maximum Gasteiger partial charge on any atom is 0.240 e. The summed E-state index contributed by atoms with van der Waals surface area (Å²) in [4.78, 5) is 0.259. The predicted molar refractivity (Wildman–Crippen MR) is 83.7 cm³/mol. The number of aliphatic hydroxyl groups excluding tert-OH is 1. The summed E-state index contributed by atoms with van der Waals surface area (Å²) in [5.74, 6) is 0. The molecule has 3 N–H and O–H groups in total. The first-order valence-corrected chi connectivity index (χ1v) is 8.68. The van der Waals surface area contributed by atoms with Gasteiger partial charge in [0.25, 0.3) is 0 Å². The van der Waals surface area contributed by atoms with E-state index in [1.165, 1.54) is 0 Å². The molecule has 1 fully saturated rings. The second-order valence-electron chi connectivity index (χ2n) is 6.57. The molecule has 0 aromatic heterocycles. The fourth-order valence-corrected chi connectivity index (χ4v) is 3.71. The Balaban J connectivity index is 2.07. The maximum atomic E-state index is 12.0. The van der Waals surface area contributed by atoms with Crippen molar-refractivity contribution in [1.29, 1.82) is 0 Å². The minimum atomic E-state index is -3.45. The van der Waals surface area contributed by atoms with Crippen LogP contribution in [-0.4, -0.2) is 31.7 Å². The van der Waals surface area contributed by atoms with Crippen molar-refractivity contribution in [3.63, 3.8) is 0 Å². The average molecular weight is 312 g/mol. The average Bonchev–Trinajstić information content (AvgIpc) is 2.37. The first-order valence-electron chi connectivity index (χ1n) is 7.20. The van der Waals surface area contributed by atoms with E-state index >= 15 is 0 Å². The molecule has 6 heteroatoms. The van der Waals surface area contributed by atoms with Crippen molar-refractivity contribution in [2.24, 2.45) is 5.41 Å². The largest absolute Gasteiger partial charge is 0.392 e.